The van der Waals surface area contributed by atoms with Gasteiger partial charge in [0.2, 0.25) is 0 Å². The summed E-state index contributed by atoms with van der Waals surface area (Å²) in [5.41, 5.74) is 4.25. The zero-order chi connectivity index (χ0) is 20.8. The van der Waals surface area contributed by atoms with E-state index in [9.17, 15) is 0 Å². The number of ether oxygens (including phenoxy) is 3. The molecule has 0 aromatic carbocycles. The number of rotatable bonds is 3. The highest BCUT2D eigenvalue weighted by Crippen LogP contribution is 2.84. The van der Waals surface area contributed by atoms with Gasteiger partial charge in [0.1, 0.15) is 0 Å². The average Bonchev–Trinajstić information content (AvgIpc) is 3.40. The minimum Gasteiger partial charge on any atom is -0.501 e. The summed E-state index contributed by atoms with van der Waals surface area (Å²) in [6, 6.07) is 0. The van der Waals surface area contributed by atoms with E-state index in [0.29, 0.717) is 11.3 Å². The normalized spacial score (nSPS) is 48.6. The molecule has 0 radical (unpaired) electrons. The number of hydrogen-bond acceptors (Lipinski definition) is 3. The van der Waals surface area contributed by atoms with Crippen molar-refractivity contribution in [3.05, 3.63) is 35.6 Å². The molecule has 2 bridgehead atoms. The molecule has 0 aromatic rings. The molecule has 1 saturated heterocycles. The van der Waals surface area contributed by atoms with Gasteiger partial charge in [-0.1, -0.05) is 24.1 Å². The fourth-order valence-corrected chi connectivity index (χ4v) is 10.1. The highest BCUT2D eigenvalue weighted by molar-refractivity contribution is 5.37. The maximum atomic E-state index is 6.43. The van der Waals surface area contributed by atoms with Crippen molar-refractivity contribution in [3.8, 4) is 0 Å². The van der Waals surface area contributed by atoms with Crippen molar-refractivity contribution in [2.75, 3.05) is 20.3 Å². The van der Waals surface area contributed by atoms with Crippen LogP contribution >= 0.6 is 0 Å². The summed E-state index contributed by atoms with van der Waals surface area (Å²) in [7, 11) is 1.83. The molecule has 3 saturated carbocycles. The number of hydrogen-bond donors (Lipinski definition) is 0. The third kappa shape index (κ3) is 2.01. The van der Waals surface area contributed by atoms with Gasteiger partial charge < -0.3 is 14.2 Å². The third-order valence-electron chi connectivity index (χ3n) is 11.2. The van der Waals surface area contributed by atoms with Gasteiger partial charge in [0.15, 0.2) is 5.79 Å². The first-order valence-electron chi connectivity index (χ1n) is 12.3. The molecule has 6 atom stereocenters. The maximum Gasteiger partial charge on any atom is 0.172 e. The van der Waals surface area contributed by atoms with E-state index in [1.165, 1.54) is 50.7 Å². The van der Waals surface area contributed by atoms with Crippen molar-refractivity contribution in [1.82, 2.24) is 0 Å². The first-order valence-corrected chi connectivity index (χ1v) is 12.3. The Kier molecular flexibility index (Phi) is 4.09. The molecule has 5 aliphatic carbocycles. The molecule has 0 N–H and O–H groups in total. The monoisotopic (exact) mass is 410 g/mol. The van der Waals surface area contributed by atoms with Crippen molar-refractivity contribution in [3.63, 3.8) is 0 Å². The molecule has 6 aliphatic rings. The lowest BCUT2D eigenvalue weighted by molar-refractivity contribution is -0.266. The minimum atomic E-state index is -0.453. The lowest BCUT2D eigenvalue weighted by Gasteiger charge is -2.60. The summed E-state index contributed by atoms with van der Waals surface area (Å²) in [5, 5.41) is 0. The van der Waals surface area contributed by atoms with Crippen molar-refractivity contribution < 1.29 is 14.2 Å². The molecule has 6 rings (SSSR count). The van der Waals surface area contributed by atoms with Gasteiger partial charge in [-0.3, -0.25) is 0 Å². The Hall–Kier alpha value is -1.06. The molecule has 30 heavy (non-hydrogen) atoms. The topological polar surface area (TPSA) is 27.7 Å². The molecular formula is C27H38O3. The molecule has 0 spiro atoms. The first-order chi connectivity index (χ1) is 14.4. The van der Waals surface area contributed by atoms with E-state index in [2.05, 4.69) is 32.6 Å². The summed E-state index contributed by atoms with van der Waals surface area (Å²) < 4.78 is 18.5. The molecule has 1 unspecified atom stereocenters. The van der Waals surface area contributed by atoms with Crippen LogP contribution in [0.4, 0.5) is 0 Å². The average molecular weight is 411 g/mol. The van der Waals surface area contributed by atoms with Gasteiger partial charge in [-0.2, -0.15) is 0 Å². The van der Waals surface area contributed by atoms with E-state index in [4.69, 9.17) is 14.2 Å². The highest BCUT2D eigenvalue weighted by atomic mass is 16.7. The Bertz CT molecular complexity index is 833. The Morgan fingerprint density at radius 3 is 2.67 bits per heavy atom. The standard InChI is InChI=1S/C27H38O3/c1-5-19-17-26-12-13-27(19,25(3)29-14-15-30-25)24(26,2)11-10-22-21-8-7-20(28-4)16-18(21)6-9-23(22)26/h5,7,19,22-23H,1,6,8-17H2,2-4H3/t19-,22-,23-,24+,26?,27+/m1/s1. The maximum absolute atomic E-state index is 6.43. The van der Waals surface area contributed by atoms with Crippen molar-refractivity contribution in [2.45, 2.75) is 77.4 Å². The molecular weight excluding hydrogens is 372 g/mol. The van der Waals surface area contributed by atoms with E-state index in [1.54, 1.807) is 11.1 Å². The lowest BCUT2D eigenvalue weighted by Crippen LogP contribution is -2.58. The number of fused-ring (bicyclic) bond motifs is 2. The van der Waals surface area contributed by atoms with Crippen LogP contribution in [0.1, 0.15) is 71.6 Å². The van der Waals surface area contributed by atoms with Gasteiger partial charge in [0.05, 0.1) is 26.1 Å². The van der Waals surface area contributed by atoms with Crippen LogP contribution in [0.25, 0.3) is 0 Å². The van der Waals surface area contributed by atoms with Crippen LogP contribution in [0.2, 0.25) is 0 Å². The predicted molar refractivity (Wildman–Crippen MR) is 118 cm³/mol. The predicted octanol–water partition coefficient (Wildman–Crippen LogP) is 6.17. The van der Waals surface area contributed by atoms with E-state index >= 15 is 0 Å². The van der Waals surface area contributed by atoms with Crippen LogP contribution in [0.3, 0.4) is 0 Å². The summed E-state index contributed by atoms with van der Waals surface area (Å²) in [6.07, 6.45) is 15.9. The van der Waals surface area contributed by atoms with Crippen molar-refractivity contribution >= 4 is 0 Å². The van der Waals surface area contributed by atoms with Crippen LogP contribution in [-0.4, -0.2) is 26.1 Å². The zero-order valence-electron chi connectivity index (χ0n) is 19.1. The highest BCUT2D eigenvalue weighted by Gasteiger charge is 2.81. The van der Waals surface area contributed by atoms with E-state index < -0.39 is 5.79 Å². The molecule has 0 amide bonds. The molecule has 0 aromatic heterocycles. The van der Waals surface area contributed by atoms with Gasteiger partial charge in [0, 0.05) is 11.8 Å². The fourth-order valence-electron chi connectivity index (χ4n) is 10.1. The van der Waals surface area contributed by atoms with Crippen LogP contribution in [0.5, 0.6) is 0 Å². The smallest absolute Gasteiger partial charge is 0.172 e. The van der Waals surface area contributed by atoms with E-state index in [1.807, 2.05) is 7.11 Å². The van der Waals surface area contributed by atoms with Gasteiger partial charge in [0.25, 0.3) is 0 Å². The van der Waals surface area contributed by atoms with Crippen LogP contribution < -0.4 is 0 Å². The van der Waals surface area contributed by atoms with Gasteiger partial charge in [-0.05, 0) is 93.0 Å². The lowest BCUT2D eigenvalue weighted by atomic mass is 9.46. The van der Waals surface area contributed by atoms with Crippen LogP contribution in [0.15, 0.2) is 35.6 Å². The largest absolute Gasteiger partial charge is 0.501 e. The molecule has 1 aliphatic heterocycles. The summed E-state index contributed by atoms with van der Waals surface area (Å²) in [6.45, 7) is 10.7. The summed E-state index contributed by atoms with van der Waals surface area (Å²) >= 11 is 0. The van der Waals surface area contributed by atoms with E-state index in [0.717, 1.165) is 37.9 Å². The Labute approximate surface area is 181 Å². The Morgan fingerprint density at radius 1 is 1.13 bits per heavy atom. The van der Waals surface area contributed by atoms with E-state index in [-0.39, 0.29) is 10.8 Å². The second-order valence-corrected chi connectivity index (χ2v) is 11.3. The first kappa shape index (κ1) is 19.6. The van der Waals surface area contributed by atoms with Gasteiger partial charge >= 0.3 is 0 Å². The fraction of sp³-hybridized carbons (Fsp3) is 0.778. The Morgan fingerprint density at radius 2 is 1.93 bits per heavy atom. The van der Waals surface area contributed by atoms with Crippen LogP contribution in [-0.2, 0) is 14.2 Å². The number of allylic oxidation sites excluding steroid dienone is 4. The number of methoxy groups -OCH3 is 1. The molecule has 3 heteroatoms. The zero-order valence-corrected chi connectivity index (χ0v) is 19.1. The summed E-state index contributed by atoms with van der Waals surface area (Å²) in [4.78, 5) is 0. The quantitative estimate of drug-likeness (QED) is 0.521. The van der Waals surface area contributed by atoms with Crippen molar-refractivity contribution in [2.24, 2.45) is 34.0 Å². The van der Waals surface area contributed by atoms with Gasteiger partial charge in [-0.25, -0.2) is 0 Å². The molecule has 4 fully saturated rings. The summed E-state index contributed by atoms with van der Waals surface area (Å²) in [5.74, 6) is 2.81. The Balaban J connectivity index is 1.42. The van der Waals surface area contributed by atoms with Crippen LogP contribution in [0, 0.1) is 34.0 Å². The van der Waals surface area contributed by atoms with Gasteiger partial charge in [-0.15, -0.1) is 6.58 Å². The minimum absolute atomic E-state index is 0.0770. The second-order valence-electron chi connectivity index (χ2n) is 11.3. The third-order valence-corrected chi connectivity index (χ3v) is 11.2. The second kappa shape index (κ2) is 6.25. The van der Waals surface area contributed by atoms with Crippen molar-refractivity contribution in [1.29, 1.82) is 0 Å². The SMILES string of the molecule is C=C[C@@H]1CC23CC[C@@]1(C1(C)OCCO1)[C@@]2(C)CC[C@@H]1C2=C(CC[C@H]13)CC(OC)=CC2. The molecule has 3 nitrogen and oxygen atoms in total. The molecule has 1 heterocycles. The molecule has 164 valence electrons.